The van der Waals surface area contributed by atoms with Crippen molar-refractivity contribution in [1.82, 2.24) is 5.32 Å². The Hall–Kier alpha value is -2.90. The first kappa shape index (κ1) is 20.8. The molecule has 0 spiro atoms. The highest BCUT2D eigenvalue weighted by Gasteiger charge is 2.18. The Bertz CT molecular complexity index is 1040. The second-order valence-corrected chi connectivity index (χ2v) is 7.40. The molecule has 0 saturated carbocycles. The zero-order valence-electron chi connectivity index (χ0n) is 15.6. The first-order valence-electron chi connectivity index (χ1n) is 8.86. The molecule has 0 bridgehead atoms. The van der Waals surface area contributed by atoms with Gasteiger partial charge in [0.05, 0.1) is 11.6 Å². The van der Waals surface area contributed by atoms with E-state index in [4.69, 9.17) is 21.1 Å². The van der Waals surface area contributed by atoms with Gasteiger partial charge in [-0.2, -0.15) is 0 Å². The lowest BCUT2D eigenvalue weighted by atomic mass is 10.1. The Labute approximate surface area is 176 Å². The normalized spacial score (nSPS) is 10.6. The molecule has 0 fully saturated rings. The van der Waals surface area contributed by atoms with Gasteiger partial charge in [-0.3, -0.25) is 14.4 Å². The topological polar surface area (TPSA) is 81.7 Å². The second kappa shape index (κ2) is 9.54. The van der Waals surface area contributed by atoms with Gasteiger partial charge in [0.25, 0.3) is 5.91 Å². The second-order valence-electron chi connectivity index (χ2n) is 5.97. The summed E-state index contributed by atoms with van der Waals surface area (Å²) < 4.78 is 11.1. The molecule has 1 N–H and O–H groups in total. The standard InChI is InChI=1S/C21H18ClNO5S/c1-2-27-14-9-7-13(8-10-14)16(24)12-28-18(25)11-23-21(26)20-19(22)15-5-3-4-6-17(15)29-20/h3-10H,2,11-12H2,1H3,(H,23,26). The molecule has 0 unspecified atom stereocenters. The van der Waals surface area contributed by atoms with Crippen LogP contribution in [0.15, 0.2) is 48.5 Å². The summed E-state index contributed by atoms with van der Waals surface area (Å²) in [6.07, 6.45) is 0. The van der Waals surface area contributed by atoms with Crippen LogP contribution in [0.5, 0.6) is 5.75 Å². The predicted octanol–water partition coefficient (Wildman–Crippen LogP) is 4.11. The van der Waals surface area contributed by atoms with E-state index in [1.807, 2.05) is 31.2 Å². The maximum atomic E-state index is 12.3. The van der Waals surface area contributed by atoms with Crippen molar-refractivity contribution in [3.05, 3.63) is 64.0 Å². The molecule has 1 amide bonds. The minimum absolute atomic E-state index is 0.325. The van der Waals surface area contributed by atoms with Gasteiger partial charge < -0.3 is 14.8 Å². The minimum atomic E-state index is -0.713. The van der Waals surface area contributed by atoms with E-state index in [2.05, 4.69) is 5.32 Å². The fourth-order valence-corrected chi connectivity index (χ4v) is 4.01. The van der Waals surface area contributed by atoms with E-state index in [0.717, 1.165) is 10.1 Å². The molecule has 29 heavy (non-hydrogen) atoms. The number of ether oxygens (including phenoxy) is 2. The van der Waals surface area contributed by atoms with Crippen molar-refractivity contribution < 1.29 is 23.9 Å². The maximum Gasteiger partial charge on any atom is 0.325 e. The highest BCUT2D eigenvalue weighted by atomic mass is 35.5. The molecule has 3 aromatic rings. The van der Waals surface area contributed by atoms with Crippen molar-refractivity contribution in [3.63, 3.8) is 0 Å². The number of thiophene rings is 1. The number of fused-ring (bicyclic) bond motifs is 1. The number of esters is 1. The summed E-state index contributed by atoms with van der Waals surface area (Å²) in [6, 6.07) is 13.9. The van der Waals surface area contributed by atoms with Gasteiger partial charge in [-0.1, -0.05) is 29.8 Å². The quantitative estimate of drug-likeness (QED) is 0.428. The van der Waals surface area contributed by atoms with Crippen molar-refractivity contribution in [2.45, 2.75) is 6.92 Å². The highest BCUT2D eigenvalue weighted by molar-refractivity contribution is 7.21. The first-order chi connectivity index (χ1) is 14.0. The average Bonchev–Trinajstić information content (AvgIpc) is 3.08. The Kier molecular flexibility index (Phi) is 6.85. The van der Waals surface area contributed by atoms with Crippen molar-refractivity contribution in [2.24, 2.45) is 0 Å². The third-order valence-corrected chi connectivity index (χ3v) is 5.66. The van der Waals surface area contributed by atoms with Crippen LogP contribution in [-0.2, 0) is 9.53 Å². The van der Waals surface area contributed by atoms with Crippen molar-refractivity contribution in [1.29, 1.82) is 0 Å². The largest absolute Gasteiger partial charge is 0.494 e. The van der Waals surface area contributed by atoms with E-state index in [-0.39, 0.29) is 12.3 Å². The molecule has 8 heteroatoms. The molecule has 0 aliphatic heterocycles. The summed E-state index contributed by atoms with van der Waals surface area (Å²) in [4.78, 5) is 36.6. The maximum absolute atomic E-state index is 12.3. The molecule has 0 radical (unpaired) electrons. The lowest BCUT2D eigenvalue weighted by Crippen LogP contribution is -2.31. The molecule has 0 aliphatic carbocycles. The van der Waals surface area contributed by atoms with Crippen LogP contribution in [0, 0.1) is 0 Å². The molecule has 6 nitrogen and oxygen atoms in total. The summed E-state index contributed by atoms with van der Waals surface area (Å²) in [6.45, 7) is 1.63. The van der Waals surface area contributed by atoms with Crippen LogP contribution in [0.25, 0.3) is 10.1 Å². The molecule has 0 atom stereocenters. The van der Waals surface area contributed by atoms with Crippen LogP contribution < -0.4 is 10.1 Å². The summed E-state index contributed by atoms with van der Waals surface area (Å²) >= 11 is 7.49. The number of hydrogen-bond acceptors (Lipinski definition) is 6. The van der Waals surface area contributed by atoms with Gasteiger partial charge in [0.1, 0.15) is 17.2 Å². The Morgan fingerprint density at radius 2 is 1.79 bits per heavy atom. The number of halogens is 1. The molecule has 3 rings (SSSR count). The SMILES string of the molecule is CCOc1ccc(C(=O)COC(=O)CNC(=O)c2sc3ccccc3c2Cl)cc1. The molecule has 0 saturated heterocycles. The Morgan fingerprint density at radius 3 is 2.48 bits per heavy atom. The van der Waals surface area contributed by atoms with Gasteiger partial charge >= 0.3 is 5.97 Å². The molecular weight excluding hydrogens is 414 g/mol. The van der Waals surface area contributed by atoms with Crippen LogP contribution in [0.1, 0.15) is 27.0 Å². The number of ketones is 1. The van der Waals surface area contributed by atoms with Crippen LogP contribution in [-0.4, -0.2) is 37.4 Å². The first-order valence-corrected chi connectivity index (χ1v) is 10.1. The van der Waals surface area contributed by atoms with E-state index >= 15 is 0 Å². The fraction of sp³-hybridized carbons (Fsp3) is 0.190. The minimum Gasteiger partial charge on any atom is -0.494 e. The number of carbonyl (C=O) groups is 3. The van der Waals surface area contributed by atoms with Crippen LogP contribution in [0.4, 0.5) is 0 Å². The van der Waals surface area contributed by atoms with E-state index in [0.29, 0.717) is 27.8 Å². The van der Waals surface area contributed by atoms with Gasteiger partial charge in [0.15, 0.2) is 12.4 Å². The summed E-state index contributed by atoms with van der Waals surface area (Å²) in [7, 11) is 0. The van der Waals surface area contributed by atoms with Gasteiger partial charge in [0.2, 0.25) is 0 Å². The zero-order chi connectivity index (χ0) is 20.8. The third kappa shape index (κ3) is 5.13. The molecule has 1 heterocycles. The lowest BCUT2D eigenvalue weighted by molar-refractivity contribution is -0.141. The van der Waals surface area contributed by atoms with Crippen molar-refractivity contribution in [3.8, 4) is 5.75 Å². The number of nitrogens with one attached hydrogen (secondary N) is 1. The molecule has 0 aliphatic rings. The molecular formula is C21H18ClNO5S. The van der Waals surface area contributed by atoms with Gasteiger partial charge in [0, 0.05) is 15.6 Å². The highest BCUT2D eigenvalue weighted by Crippen LogP contribution is 2.34. The molecule has 2 aromatic carbocycles. The molecule has 150 valence electrons. The Balaban J connectivity index is 1.49. The number of rotatable bonds is 8. The Morgan fingerprint density at radius 1 is 1.07 bits per heavy atom. The summed E-state index contributed by atoms with van der Waals surface area (Å²) in [5.74, 6) is -0.871. The van der Waals surface area contributed by atoms with Gasteiger partial charge in [-0.25, -0.2) is 0 Å². The van der Waals surface area contributed by atoms with Gasteiger partial charge in [-0.05, 0) is 37.3 Å². The van der Waals surface area contributed by atoms with E-state index < -0.39 is 18.5 Å². The smallest absolute Gasteiger partial charge is 0.325 e. The average molecular weight is 432 g/mol. The summed E-state index contributed by atoms with van der Waals surface area (Å²) in [5, 5.41) is 3.60. The number of hydrogen-bond donors (Lipinski definition) is 1. The van der Waals surface area contributed by atoms with Crippen LogP contribution in [0.3, 0.4) is 0 Å². The number of Topliss-reactive ketones (excluding diaryl/α,β-unsaturated/α-hetero) is 1. The van der Waals surface area contributed by atoms with Gasteiger partial charge in [-0.15, -0.1) is 11.3 Å². The number of amides is 1. The summed E-state index contributed by atoms with van der Waals surface area (Å²) in [5.41, 5.74) is 0.405. The molecule has 1 aromatic heterocycles. The predicted molar refractivity (Wildman–Crippen MR) is 112 cm³/mol. The van der Waals surface area contributed by atoms with E-state index in [1.54, 1.807) is 24.3 Å². The van der Waals surface area contributed by atoms with Crippen molar-refractivity contribution in [2.75, 3.05) is 19.8 Å². The fourth-order valence-electron chi connectivity index (χ4n) is 2.58. The lowest BCUT2D eigenvalue weighted by Gasteiger charge is -2.07. The van der Waals surface area contributed by atoms with E-state index in [9.17, 15) is 14.4 Å². The number of carbonyl (C=O) groups excluding carboxylic acids is 3. The van der Waals surface area contributed by atoms with Crippen LogP contribution >= 0.6 is 22.9 Å². The van der Waals surface area contributed by atoms with E-state index in [1.165, 1.54) is 11.3 Å². The monoisotopic (exact) mass is 431 g/mol. The van der Waals surface area contributed by atoms with Crippen LogP contribution in [0.2, 0.25) is 5.02 Å². The zero-order valence-corrected chi connectivity index (χ0v) is 17.1. The van der Waals surface area contributed by atoms with Crippen molar-refractivity contribution >= 4 is 50.7 Å². The number of benzene rings is 2. The third-order valence-electron chi connectivity index (χ3n) is 3.99.